The number of fused-ring (bicyclic) bond motifs is 1. The molecule has 3 heterocycles. The molecule has 1 unspecified atom stereocenters. The molecule has 2 aromatic heterocycles. The third-order valence-electron chi connectivity index (χ3n) is 3.72. The quantitative estimate of drug-likeness (QED) is 0.912. The van der Waals surface area contributed by atoms with Crippen molar-refractivity contribution in [2.75, 3.05) is 6.54 Å². The molecule has 3 rings (SSSR count). The van der Waals surface area contributed by atoms with Crippen molar-refractivity contribution in [2.45, 2.75) is 31.7 Å². The fourth-order valence-electron chi connectivity index (χ4n) is 2.74. The highest BCUT2D eigenvalue weighted by Crippen LogP contribution is 2.20. The van der Waals surface area contributed by atoms with Crippen LogP contribution in [0.4, 0.5) is 0 Å². The molecule has 0 radical (unpaired) electrons. The molecule has 1 fully saturated rings. The van der Waals surface area contributed by atoms with E-state index < -0.39 is 5.97 Å². The van der Waals surface area contributed by atoms with E-state index in [4.69, 9.17) is 11.6 Å². The number of nitrogens with zero attached hydrogens (tertiary/aromatic N) is 2. The number of piperidine rings is 1. The summed E-state index contributed by atoms with van der Waals surface area (Å²) in [6, 6.07) is 3.75. The number of carbonyl (C=O) groups is 1. The van der Waals surface area contributed by atoms with Crippen LogP contribution in [-0.4, -0.2) is 33.0 Å². The molecular formula is C14H16ClN3O2. The van der Waals surface area contributed by atoms with Gasteiger partial charge in [-0.05, 0) is 31.5 Å². The van der Waals surface area contributed by atoms with Crippen LogP contribution < -0.4 is 5.32 Å². The predicted octanol–water partition coefficient (Wildman–Crippen LogP) is 2.37. The topological polar surface area (TPSA) is 66.6 Å². The van der Waals surface area contributed by atoms with E-state index in [1.54, 1.807) is 22.7 Å². The van der Waals surface area contributed by atoms with Crippen molar-refractivity contribution in [3.63, 3.8) is 0 Å². The first-order chi connectivity index (χ1) is 9.65. The highest BCUT2D eigenvalue weighted by molar-refractivity contribution is 6.30. The van der Waals surface area contributed by atoms with Crippen LogP contribution in [0.1, 0.15) is 35.6 Å². The molecule has 1 atom stereocenters. The van der Waals surface area contributed by atoms with Gasteiger partial charge in [0.25, 0.3) is 0 Å². The average Bonchev–Trinajstić information content (AvgIpc) is 2.78. The molecule has 0 amide bonds. The lowest BCUT2D eigenvalue weighted by Gasteiger charge is -2.22. The maximum atomic E-state index is 11.3. The smallest absolute Gasteiger partial charge is 0.356 e. The molecule has 0 saturated carbocycles. The monoisotopic (exact) mass is 293 g/mol. The number of carboxylic acids is 1. The average molecular weight is 294 g/mol. The molecule has 1 saturated heterocycles. The summed E-state index contributed by atoms with van der Waals surface area (Å²) >= 11 is 6.01. The predicted molar refractivity (Wildman–Crippen MR) is 76.5 cm³/mol. The number of hydrogen-bond donors (Lipinski definition) is 2. The van der Waals surface area contributed by atoms with E-state index in [0.717, 1.165) is 25.2 Å². The molecular weight excluding hydrogens is 278 g/mol. The van der Waals surface area contributed by atoms with Gasteiger partial charge in [0.15, 0.2) is 5.69 Å². The third-order valence-corrected chi connectivity index (χ3v) is 3.94. The summed E-state index contributed by atoms with van der Waals surface area (Å²) in [5.74, 6) is -0.257. The molecule has 6 heteroatoms. The van der Waals surface area contributed by atoms with E-state index >= 15 is 0 Å². The van der Waals surface area contributed by atoms with Gasteiger partial charge < -0.3 is 14.8 Å². The lowest BCUT2D eigenvalue weighted by Crippen LogP contribution is -2.36. The number of hydrogen-bond acceptors (Lipinski definition) is 3. The molecule has 5 nitrogen and oxygen atoms in total. The minimum absolute atomic E-state index is 0.0903. The number of carboxylic acid groups (broad SMARTS) is 1. The summed E-state index contributed by atoms with van der Waals surface area (Å²) in [5, 5.41) is 13.3. The Morgan fingerprint density at radius 3 is 3.05 bits per heavy atom. The Balaban J connectivity index is 2.00. The Morgan fingerprint density at radius 1 is 1.50 bits per heavy atom. The van der Waals surface area contributed by atoms with Gasteiger partial charge >= 0.3 is 5.97 Å². The third kappa shape index (κ3) is 2.51. The van der Waals surface area contributed by atoms with Gasteiger partial charge in [0.2, 0.25) is 0 Å². The SMILES string of the molecule is O=C(O)c1nc(CC2CCCCN2)n2cc(Cl)ccc12. The maximum Gasteiger partial charge on any atom is 0.356 e. The van der Waals surface area contributed by atoms with Gasteiger partial charge in [-0.3, -0.25) is 0 Å². The molecule has 1 aliphatic heterocycles. The first-order valence-electron chi connectivity index (χ1n) is 6.78. The number of imidazole rings is 1. The number of aromatic carboxylic acids is 1. The first-order valence-corrected chi connectivity index (χ1v) is 7.16. The van der Waals surface area contributed by atoms with Gasteiger partial charge in [-0.15, -0.1) is 0 Å². The Hall–Kier alpha value is -1.59. The first kappa shape index (κ1) is 13.4. The number of pyridine rings is 1. The molecule has 106 valence electrons. The molecule has 0 aliphatic carbocycles. The zero-order valence-electron chi connectivity index (χ0n) is 11.0. The van der Waals surface area contributed by atoms with Crippen LogP contribution in [0.2, 0.25) is 5.02 Å². The van der Waals surface area contributed by atoms with Crippen molar-refractivity contribution in [3.8, 4) is 0 Å². The second-order valence-electron chi connectivity index (χ2n) is 5.14. The number of rotatable bonds is 3. The lowest BCUT2D eigenvalue weighted by atomic mass is 10.0. The van der Waals surface area contributed by atoms with Crippen LogP contribution in [0.15, 0.2) is 18.3 Å². The normalized spacial score (nSPS) is 19.4. The van der Waals surface area contributed by atoms with Gasteiger partial charge in [-0.2, -0.15) is 0 Å². The highest BCUT2D eigenvalue weighted by atomic mass is 35.5. The molecule has 1 aliphatic rings. The van der Waals surface area contributed by atoms with Crippen molar-refractivity contribution in [2.24, 2.45) is 0 Å². The molecule has 2 N–H and O–H groups in total. The minimum atomic E-state index is -1.01. The summed E-state index contributed by atoms with van der Waals surface area (Å²) < 4.78 is 1.79. The standard InChI is InChI=1S/C14H16ClN3O2/c15-9-4-5-11-13(14(19)20)17-12(18(11)8-9)7-10-3-1-2-6-16-10/h4-5,8,10,16H,1-3,6-7H2,(H,19,20). The van der Waals surface area contributed by atoms with Crippen LogP contribution in [0.5, 0.6) is 0 Å². The van der Waals surface area contributed by atoms with Crippen molar-refractivity contribution in [1.29, 1.82) is 0 Å². The van der Waals surface area contributed by atoms with Crippen LogP contribution in [-0.2, 0) is 6.42 Å². The van der Waals surface area contributed by atoms with E-state index in [1.165, 1.54) is 12.8 Å². The van der Waals surface area contributed by atoms with E-state index in [0.29, 0.717) is 16.6 Å². The van der Waals surface area contributed by atoms with Crippen LogP contribution >= 0.6 is 11.6 Å². The second kappa shape index (κ2) is 5.42. The summed E-state index contributed by atoms with van der Waals surface area (Å²) in [6.07, 6.45) is 5.94. The van der Waals surface area contributed by atoms with Crippen LogP contribution in [0.25, 0.3) is 5.52 Å². The largest absolute Gasteiger partial charge is 0.476 e. The van der Waals surface area contributed by atoms with E-state index in [-0.39, 0.29) is 5.69 Å². The van der Waals surface area contributed by atoms with Crippen molar-refractivity contribution < 1.29 is 9.90 Å². The van der Waals surface area contributed by atoms with Gasteiger partial charge in [-0.1, -0.05) is 18.0 Å². The Bertz CT molecular complexity index is 647. The Morgan fingerprint density at radius 2 is 2.35 bits per heavy atom. The number of halogens is 1. The van der Waals surface area contributed by atoms with Gasteiger partial charge in [0.1, 0.15) is 5.82 Å². The summed E-state index contributed by atoms with van der Waals surface area (Å²) in [6.45, 7) is 1.01. The molecule has 0 bridgehead atoms. The molecule has 0 aromatic carbocycles. The van der Waals surface area contributed by atoms with Crippen molar-refractivity contribution in [3.05, 3.63) is 34.9 Å². The molecule has 2 aromatic rings. The van der Waals surface area contributed by atoms with E-state index in [2.05, 4.69) is 10.3 Å². The second-order valence-corrected chi connectivity index (χ2v) is 5.57. The van der Waals surface area contributed by atoms with Gasteiger partial charge in [-0.25, -0.2) is 9.78 Å². The summed E-state index contributed by atoms with van der Waals surface area (Å²) in [5.41, 5.74) is 0.681. The van der Waals surface area contributed by atoms with E-state index in [1.807, 2.05) is 0 Å². The Labute approximate surface area is 121 Å². The summed E-state index contributed by atoms with van der Waals surface area (Å²) in [7, 11) is 0. The summed E-state index contributed by atoms with van der Waals surface area (Å²) in [4.78, 5) is 15.6. The number of nitrogens with one attached hydrogen (secondary N) is 1. The van der Waals surface area contributed by atoms with Crippen molar-refractivity contribution >= 4 is 23.1 Å². The van der Waals surface area contributed by atoms with Crippen LogP contribution in [0.3, 0.4) is 0 Å². The number of aromatic nitrogens is 2. The van der Waals surface area contributed by atoms with Crippen molar-refractivity contribution in [1.82, 2.24) is 14.7 Å². The van der Waals surface area contributed by atoms with Gasteiger partial charge in [0.05, 0.1) is 10.5 Å². The van der Waals surface area contributed by atoms with Crippen LogP contribution in [0, 0.1) is 0 Å². The zero-order valence-corrected chi connectivity index (χ0v) is 11.7. The highest BCUT2D eigenvalue weighted by Gasteiger charge is 2.20. The molecule has 0 spiro atoms. The van der Waals surface area contributed by atoms with Gasteiger partial charge in [0, 0.05) is 18.7 Å². The fraction of sp³-hybridized carbons (Fsp3) is 0.429. The minimum Gasteiger partial charge on any atom is -0.476 e. The lowest BCUT2D eigenvalue weighted by molar-refractivity contribution is 0.0693. The maximum absolute atomic E-state index is 11.3. The Kier molecular flexibility index (Phi) is 3.63. The molecule has 20 heavy (non-hydrogen) atoms. The zero-order chi connectivity index (χ0) is 14.1. The van der Waals surface area contributed by atoms with E-state index in [9.17, 15) is 9.90 Å². The fourth-order valence-corrected chi connectivity index (χ4v) is 2.90.